The predicted octanol–water partition coefficient (Wildman–Crippen LogP) is 3.99. The molecule has 8 nitrogen and oxygen atoms in total. The lowest BCUT2D eigenvalue weighted by Gasteiger charge is -2.19. The van der Waals surface area contributed by atoms with Crippen molar-refractivity contribution in [2.45, 2.75) is 30.8 Å². The molecule has 1 aromatic heterocycles. The highest BCUT2D eigenvalue weighted by Crippen LogP contribution is 2.28. The minimum absolute atomic E-state index is 0.0495. The van der Waals surface area contributed by atoms with Gasteiger partial charge in [-0.2, -0.15) is 4.31 Å². The molecule has 1 N–H and O–H groups in total. The number of halogens is 1. The van der Waals surface area contributed by atoms with E-state index in [1.165, 1.54) is 34.3 Å². The van der Waals surface area contributed by atoms with Gasteiger partial charge in [-0.05, 0) is 37.3 Å². The van der Waals surface area contributed by atoms with Crippen LogP contribution in [0.5, 0.6) is 0 Å². The number of sulfonamides is 1. The average Bonchev–Trinajstić information content (AvgIpc) is 3.23. The van der Waals surface area contributed by atoms with Crippen LogP contribution in [0.3, 0.4) is 0 Å². The van der Waals surface area contributed by atoms with Gasteiger partial charge >= 0.3 is 0 Å². The molecule has 0 saturated carbocycles. The summed E-state index contributed by atoms with van der Waals surface area (Å²) in [6.45, 7) is 6.24. The zero-order valence-corrected chi connectivity index (χ0v) is 20.3. The quantitative estimate of drug-likeness (QED) is 0.453. The lowest BCUT2D eigenvalue weighted by atomic mass is 10.2. The van der Waals surface area contributed by atoms with Crippen molar-refractivity contribution < 1.29 is 13.2 Å². The second kappa shape index (κ2) is 10.5. The van der Waals surface area contributed by atoms with Crippen LogP contribution in [-0.4, -0.2) is 52.2 Å². The van der Waals surface area contributed by atoms with Gasteiger partial charge in [-0.15, -0.1) is 10.2 Å². The number of carbonyl (C=O) groups is 1. The molecule has 0 atom stereocenters. The maximum atomic E-state index is 12.8. The van der Waals surface area contributed by atoms with Gasteiger partial charge < -0.3 is 5.32 Å². The summed E-state index contributed by atoms with van der Waals surface area (Å²) in [5.41, 5.74) is 2.27. The first-order valence-corrected chi connectivity index (χ1v) is 12.8. The fraction of sp³-hybridized carbons (Fsp3) is 0.286. The number of rotatable bonds is 9. The molecule has 0 unspecified atom stereocenters. The number of anilines is 1. The van der Waals surface area contributed by atoms with E-state index in [0.717, 1.165) is 11.3 Å². The number of benzene rings is 2. The Hall–Kier alpha value is -2.40. The maximum absolute atomic E-state index is 12.8. The number of nitrogens with zero attached hydrogens (tertiary/aromatic N) is 4. The van der Waals surface area contributed by atoms with Gasteiger partial charge in [0.15, 0.2) is 5.16 Å². The summed E-state index contributed by atoms with van der Waals surface area (Å²) in [5, 5.41) is 11.5. The van der Waals surface area contributed by atoms with Crippen LogP contribution in [0, 0.1) is 6.92 Å². The molecule has 0 aliphatic heterocycles. The van der Waals surface area contributed by atoms with Crippen molar-refractivity contribution in [3.63, 3.8) is 0 Å². The molecule has 2 aromatic carbocycles. The molecule has 0 fully saturated rings. The summed E-state index contributed by atoms with van der Waals surface area (Å²) in [4.78, 5) is 12.6. The maximum Gasteiger partial charge on any atom is 0.243 e. The van der Waals surface area contributed by atoms with E-state index < -0.39 is 10.0 Å². The van der Waals surface area contributed by atoms with Crippen molar-refractivity contribution in [3.8, 4) is 5.69 Å². The van der Waals surface area contributed by atoms with Gasteiger partial charge in [-0.1, -0.05) is 54.9 Å². The van der Waals surface area contributed by atoms with Crippen molar-refractivity contribution in [2.24, 2.45) is 0 Å². The fourth-order valence-corrected chi connectivity index (χ4v) is 5.37. The van der Waals surface area contributed by atoms with Crippen LogP contribution in [0.1, 0.15) is 19.4 Å². The Morgan fingerprint density at radius 2 is 1.84 bits per heavy atom. The van der Waals surface area contributed by atoms with Crippen molar-refractivity contribution >= 4 is 45.0 Å². The Labute approximate surface area is 197 Å². The molecule has 0 bridgehead atoms. The molecule has 1 heterocycles. The fourth-order valence-electron chi connectivity index (χ4n) is 2.99. The van der Waals surface area contributed by atoms with Crippen molar-refractivity contribution in [3.05, 3.63) is 59.4 Å². The van der Waals surface area contributed by atoms with Crippen molar-refractivity contribution in [1.29, 1.82) is 0 Å². The summed E-state index contributed by atoms with van der Waals surface area (Å²) < 4.78 is 28.7. The van der Waals surface area contributed by atoms with Gasteiger partial charge in [0.1, 0.15) is 6.33 Å². The molecule has 32 heavy (non-hydrogen) atoms. The van der Waals surface area contributed by atoms with Gasteiger partial charge in [0, 0.05) is 18.8 Å². The summed E-state index contributed by atoms with van der Waals surface area (Å²) >= 11 is 7.41. The molecule has 0 aliphatic carbocycles. The number of carbonyl (C=O) groups excluding carboxylic acids is 1. The minimum atomic E-state index is -3.67. The second-order valence-corrected chi connectivity index (χ2v) is 10.2. The van der Waals surface area contributed by atoms with Crippen molar-refractivity contribution in [1.82, 2.24) is 19.1 Å². The molecule has 1 amide bonds. The third-order valence-corrected chi connectivity index (χ3v) is 8.03. The third kappa shape index (κ3) is 5.50. The Morgan fingerprint density at radius 3 is 2.50 bits per heavy atom. The lowest BCUT2D eigenvalue weighted by Crippen LogP contribution is -2.30. The number of amides is 1. The first-order valence-electron chi connectivity index (χ1n) is 9.95. The average molecular weight is 494 g/mol. The van der Waals surface area contributed by atoms with Crippen LogP contribution in [-0.2, 0) is 14.8 Å². The molecular formula is C21H24ClN5O3S2. The highest BCUT2D eigenvalue weighted by molar-refractivity contribution is 7.99. The molecule has 11 heteroatoms. The highest BCUT2D eigenvalue weighted by Gasteiger charge is 2.23. The van der Waals surface area contributed by atoms with E-state index in [2.05, 4.69) is 15.5 Å². The predicted molar refractivity (Wildman–Crippen MR) is 127 cm³/mol. The molecule has 0 spiro atoms. The first-order chi connectivity index (χ1) is 15.3. The van der Waals surface area contributed by atoms with Gasteiger partial charge in [0.2, 0.25) is 15.9 Å². The molecule has 170 valence electrons. The molecule has 0 saturated heterocycles. The third-order valence-electron chi connectivity index (χ3n) is 4.72. The van der Waals surface area contributed by atoms with E-state index >= 15 is 0 Å². The van der Waals surface area contributed by atoms with Crippen LogP contribution in [0.2, 0.25) is 5.02 Å². The molecule has 0 radical (unpaired) electrons. The Morgan fingerprint density at radius 1 is 1.16 bits per heavy atom. The number of aromatic nitrogens is 3. The highest BCUT2D eigenvalue weighted by atomic mass is 35.5. The van der Waals surface area contributed by atoms with Gasteiger partial charge in [-0.25, -0.2) is 8.42 Å². The Kier molecular flexibility index (Phi) is 7.94. The largest absolute Gasteiger partial charge is 0.324 e. The van der Waals surface area contributed by atoms with Crippen LogP contribution < -0.4 is 5.32 Å². The molecule has 3 rings (SSSR count). The Balaban J connectivity index is 1.71. The number of nitrogens with one attached hydrogen (secondary N) is 1. The summed E-state index contributed by atoms with van der Waals surface area (Å²) in [6.07, 6.45) is 1.59. The van der Waals surface area contributed by atoms with Crippen LogP contribution >= 0.6 is 23.4 Å². The van der Waals surface area contributed by atoms with Crippen LogP contribution in [0.15, 0.2) is 58.8 Å². The molecular weight excluding hydrogens is 470 g/mol. The zero-order chi connectivity index (χ0) is 23.3. The summed E-state index contributed by atoms with van der Waals surface area (Å²) in [7, 11) is -3.67. The Bertz CT molecular complexity index is 1190. The van der Waals surface area contributed by atoms with E-state index in [9.17, 15) is 13.2 Å². The number of hydrogen-bond donors (Lipinski definition) is 1. The van der Waals surface area contributed by atoms with Crippen LogP contribution in [0.25, 0.3) is 5.69 Å². The van der Waals surface area contributed by atoms with Gasteiger partial charge in [0.25, 0.3) is 0 Å². The van der Waals surface area contributed by atoms with Gasteiger partial charge in [-0.3, -0.25) is 9.36 Å². The standard InChI is InChI=1S/C21H24ClN5O3S2/c1-4-26(5-2)32(29,30)17-10-11-18(22)19(12-17)24-20(28)13-31-21-25-23-14-27(21)16-8-6-15(3)7-9-16/h6-12,14H,4-5,13H2,1-3H3,(H,24,28). The molecule has 0 aliphatic rings. The normalized spacial score (nSPS) is 11.7. The zero-order valence-electron chi connectivity index (χ0n) is 17.9. The molecule has 3 aromatic rings. The van der Waals surface area contributed by atoms with Crippen molar-refractivity contribution in [2.75, 3.05) is 24.2 Å². The number of hydrogen-bond acceptors (Lipinski definition) is 6. The van der Waals surface area contributed by atoms with E-state index in [1.54, 1.807) is 24.7 Å². The second-order valence-electron chi connectivity index (χ2n) is 6.89. The van der Waals surface area contributed by atoms with E-state index in [4.69, 9.17) is 11.6 Å². The first kappa shape index (κ1) is 24.2. The van der Waals surface area contributed by atoms with E-state index in [-0.39, 0.29) is 27.3 Å². The topological polar surface area (TPSA) is 97.2 Å². The lowest BCUT2D eigenvalue weighted by molar-refractivity contribution is -0.113. The summed E-state index contributed by atoms with van der Waals surface area (Å²) in [6, 6.07) is 12.1. The monoisotopic (exact) mass is 493 g/mol. The summed E-state index contributed by atoms with van der Waals surface area (Å²) in [5.74, 6) is -0.291. The van der Waals surface area contributed by atoms with E-state index in [0.29, 0.717) is 18.2 Å². The number of thioether (sulfide) groups is 1. The van der Waals surface area contributed by atoms with E-state index in [1.807, 2.05) is 31.2 Å². The minimum Gasteiger partial charge on any atom is -0.324 e. The SMILES string of the molecule is CCN(CC)S(=O)(=O)c1ccc(Cl)c(NC(=O)CSc2nncn2-c2ccc(C)cc2)c1. The van der Waals surface area contributed by atoms with Crippen LogP contribution in [0.4, 0.5) is 5.69 Å². The van der Waals surface area contributed by atoms with Gasteiger partial charge in [0.05, 0.1) is 21.4 Å². The number of aryl methyl sites for hydroxylation is 1. The smallest absolute Gasteiger partial charge is 0.243 e.